The highest BCUT2D eigenvalue weighted by Crippen LogP contribution is 2.58. The molecule has 1 aliphatic carbocycles. The summed E-state index contributed by atoms with van der Waals surface area (Å²) in [4.78, 5) is 7.76. The van der Waals surface area contributed by atoms with Gasteiger partial charge in [0.1, 0.15) is 0 Å². The van der Waals surface area contributed by atoms with E-state index in [9.17, 15) is 0 Å². The molecule has 0 aromatic heterocycles. The van der Waals surface area contributed by atoms with Crippen LogP contribution >= 0.6 is 0 Å². The molecule has 98 heavy (non-hydrogen) atoms. The monoisotopic (exact) mass is 1250 g/mol. The van der Waals surface area contributed by atoms with Gasteiger partial charge in [0.2, 0.25) is 0 Å². The fourth-order valence-electron chi connectivity index (χ4n) is 16.6. The summed E-state index contributed by atoms with van der Waals surface area (Å²) < 4.78 is 0. The standard InChI is InChI=1S/C95H63N3/c1-95(2)88-36-16-15-35-82(88)84-58-86-87(59-89(84)95)93(97(91-38-18-30-61-21-10-13-33-80(61)91)76-44-41-70-49-64-24-4-7-27-67(64)52-73(70)55-76)83-47-46-78(96(90-37-17-29-60-20-9-12-32-79(60)90)75-43-40-69-48-63-23-3-6-26-66(63)51-72(69)54-75)57-85(83)94(86)98(92-39-19-31-62-22-11-14-34-81(62)92)77-45-42-71-50-65-25-5-8-28-68(65)53-74(71)56-77/h3-59H,1-2H3. The first-order valence-corrected chi connectivity index (χ1v) is 34.1. The molecule has 0 heterocycles. The van der Waals surface area contributed by atoms with Crippen molar-refractivity contribution in [3.63, 3.8) is 0 Å². The van der Waals surface area contributed by atoms with Crippen molar-refractivity contribution in [2.45, 2.75) is 19.3 Å². The van der Waals surface area contributed by atoms with Crippen LogP contribution in [-0.4, -0.2) is 0 Å². The second-order valence-electron chi connectivity index (χ2n) is 27.2. The number of fused-ring (bicyclic) bond motifs is 14. The zero-order valence-electron chi connectivity index (χ0n) is 54.3. The molecule has 0 fully saturated rings. The first-order chi connectivity index (χ1) is 48.3. The number of rotatable bonds is 9. The van der Waals surface area contributed by atoms with Crippen molar-refractivity contribution in [2.24, 2.45) is 0 Å². The Morgan fingerprint density at radius 2 is 0.500 bits per heavy atom. The molecule has 0 saturated carbocycles. The predicted molar refractivity (Wildman–Crippen MR) is 421 cm³/mol. The summed E-state index contributed by atoms with van der Waals surface area (Å²) in [5, 5.41) is 25.9. The highest BCUT2D eigenvalue weighted by molar-refractivity contribution is 6.27. The maximum atomic E-state index is 2.63. The van der Waals surface area contributed by atoms with Gasteiger partial charge >= 0.3 is 0 Å². The van der Waals surface area contributed by atoms with Gasteiger partial charge in [-0.15, -0.1) is 0 Å². The molecule has 1 aliphatic rings. The van der Waals surface area contributed by atoms with E-state index < -0.39 is 0 Å². The average molecular weight is 1250 g/mol. The van der Waals surface area contributed by atoms with Crippen molar-refractivity contribution in [3.05, 3.63) is 357 Å². The highest BCUT2D eigenvalue weighted by Gasteiger charge is 2.38. The molecule has 0 N–H and O–H groups in total. The molecule has 0 bridgehead atoms. The van der Waals surface area contributed by atoms with Gasteiger partial charge in [-0.1, -0.05) is 244 Å². The zero-order chi connectivity index (χ0) is 64.7. The molecule has 0 amide bonds. The van der Waals surface area contributed by atoms with Gasteiger partial charge in [0.15, 0.2) is 0 Å². The first kappa shape index (κ1) is 55.9. The molecular weight excluding hydrogens is 1180 g/mol. The number of hydrogen-bond donors (Lipinski definition) is 0. The van der Waals surface area contributed by atoms with Gasteiger partial charge in [0.05, 0.1) is 28.4 Å². The summed E-state index contributed by atoms with van der Waals surface area (Å²) in [6.45, 7) is 4.84. The zero-order valence-corrected chi connectivity index (χ0v) is 54.3. The molecule has 19 aromatic carbocycles. The van der Waals surface area contributed by atoms with Gasteiger partial charge in [-0.05, 0) is 218 Å². The SMILES string of the molecule is CC1(C)c2ccccc2-c2cc3c(N(c4ccc5cc6ccccc6cc5c4)c4cccc5ccccc45)c4cc(N(c5ccc6cc7ccccc7cc6c5)c5cccc6ccccc56)ccc4c(N(c4ccc5cc6ccccc6cc5c4)c4cccc5ccccc45)c3cc21. The lowest BCUT2D eigenvalue weighted by Crippen LogP contribution is -2.17. The van der Waals surface area contributed by atoms with E-state index in [1.807, 2.05) is 0 Å². The number of hydrogen-bond acceptors (Lipinski definition) is 3. The molecule has 3 nitrogen and oxygen atoms in total. The first-order valence-electron chi connectivity index (χ1n) is 34.1. The van der Waals surface area contributed by atoms with Crippen molar-refractivity contribution < 1.29 is 0 Å². The number of anilines is 9. The van der Waals surface area contributed by atoms with Crippen molar-refractivity contribution >= 4 is 170 Å². The van der Waals surface area contributed by atoms with Crippen LogP contribution in [0.15, 0.2) is 346 Å². The maximum Gasteiger partial charge on any atom is 0.0621 e. The highest BCUT2D eigenvalue weighted by atomic mass is 15.2. The Labute approximate surface area is 568 Å². The van der Waals surface area contributed by atoms with Crippen molar-refractivity contribution in [1.29, 1.82) is 0 Å². The Hall–Kier alpha value is -12.6. The third-order valence-electron chi connectivity index (χ3n) is 21.3. The molecule has 458 valence electrons. The molecule has 19 aromatic rings. The van der Waals surface area contributed by atoms with Gasteiger partial charge < -0.3 is 14.7 Å². The van der Waals surface area contributed by atoms with Gasteiger partial charge in [0, 0.05) is 65.9 Å². The minimum Gasteiger partial charge on any atom is -0.310 e. The second kappa shape index (κ2) is 21.7. The van der Waals surface area contributed by atoms with Crippen LogP contribution in [-0.2, 0) is 5.41 Å². The molecule has 0 saturated heterocycles. The normalized spacial score (nSPS) is 12.7. The fraction of sp³-hybridized carbons (Fsp3) is 0.0316. The lowest BCUT2D eigenvalue weighted by atomic mass is 9.81. The third-order valence-corrected chi connectivity index (χ3v) is 21.3. The summed E-state index contributed by atoms with van der Waals surface area (Å²) in [5.41, 5.74) is 14.5. The van der Waals surface area contributed by atoms with E-state index in [-0.39, 0.29) is 5.41 Å². The summed E-state index contributed by atoms with van der Waals surface area (Å²) in [7, 11) is 0. The lowest BCUT2D eigenvalue weighted by Gasteiger charge is -2.35. The van der Waals surface area contributed by atoms with Crippen LogP contribution in [0.5, 0.6) is 0 Å². The molecule has 0 aliphatic heterocycles. The predicted octanol–water partition coefficient (Wildman–Crippen LogP) is 27.1. The topological polar surface area (TPSA) is 9.72 Å². The lowest BCUT2D eigenvalue weighted by molar-refractivity contribution is 0.661. The average Bonchev–Trinajstić information content (AvgIpc) is 1.28. The number of nitrogens with zero attached hydrogens (tertiary/aromatic N) is 3. The molecule has 0 unspecified atom stereocenters. The van der Waals surface area contributed by atoms with Crippen LogP contribution in [0.25, 0.3) is 130 Å². The van der Waals surface area contributed by atoms with E-state index in [0.717, 1.165) is 88.9 Å². The minimum absolute atomic E-state index is 0.327. The Balaban J connectivity index is 0.982. The largest absolute Gasteiger partial charge is 0.310 e. The molecule has 20 rings (SSSR count). The minimum atomic E-state index is -0.327. The van der Waals surface area contributed by atoms with E-state index in [0.29, 0.717) is 0 Å². The van der Waals surface area contributed by atoms with Crippen LogP contribution in [0.2, 0.25) is 0 Å². The smallest absolute Gasteiger partial charge is 0.0621 e. The number of benzene rings is 19. The fourth-order valence-corrected chi connectivity index (χ4v) is 16.6. The Morgan fingerprint density at radius 3 is 0.959 bits per heavy atom. The molecular formula is C95H63N3. The quantitative estimate of drug-likeness (QED) is 0.105. The Kier molecular flexibility index (Phi) is 12.4. The second-order valence-corrected chi connectivity index (χ2v) is 27.2. The van der Waals surface area contributed by atoms with Gasteiger partial charge in [-0.3, -0.25) is 0 Å². The van der Waals surface area contributed by atoms with Crippen molar-refractivity contribution in [3.8, 4) is 11.1 Å². The van der Waals surface area contributed by atoms with Gasteiger partial charge in [0.25, 0.3) is 0 Å². The summed E-state index contributed by atoms with van der Waals surface area (Å²) >= 11 is 0. The van der Waals surface area contributed by atoms with Crippen LogP contribution < -0.4 is 14.7 Å². The van der Waals surface area contributed by atoms with Gasteiger partial charge in [-0.2, -0.15) is 0 Å². The van der Waals surface area contributed by atoms with E-state index in [1.165, 1.54) is 103 Å². The summed E-state index contributed by atoms with van der Waals surface area (Å²) in [6.07, 6.45) is 0. The Morgan fingerprint density at radius 1 is 0.184 bits per heavy atom. The third kappa shape index (κ3) is 8.76. The van der Waals surface area contributed by atoms with Gasteiger partial charge in [-0.25, -0.2) is 0 Å². The molecule has 0 atom stereocenters. The van der Waals surface area contributed by atoms with E-state index in [4.69, 9.17) is 0 Å². The summed E-state index contributed by atoms with van der Waals surface area (Å²) in [5.74, 6) is 0. The van der Waals surface area contributed by atoms with E-state index >= 15 is 0 Å². The maximum absolute atomic E-state index is 2.63. The molecule has 0 radical (unpaired) electrons. The molecule has 3 heteroatoms. The van der Waals surface area contributed by atoms with Crippen molar-refractivity contribution in [1.82, 2.24) is 0 Å². The van der Waals surface area contributed by atoms with Crippen LogP contribution in [0, 0.1) is 0 Å². The van der Waals surface area contributed by atoms with E-state index in [1.54, 1.807) is 0 Å². The van der Waals surface area contributed by atoms with Crippen LogP contribution in [0.4, 0.5) is 51.2 Å². The van der Waals surface area contributed by atoms with E-state index in [2.05, 4.69) is 374 Å². The van der Waals surface area contributed by atoms with Crippen molar-refractivity contribution in [2.75, 3.05) is 14.7 Å². The Bertz CT molecular complexity index is 6560. The molecule has 0 spiro atoms. The van der Waals surface area contributed by atoms with Crippen LogP contribution in [0.3, 0.4) is 0 Å². The summed E-state index contributed by atoms with van der Waals surface area (Å²) in [6, 6.07) is 131. The van der Waals surface area contributed by atoms with Crippen LogP contribution in [0.1, 0.15) is 25.0 Å².